The smallest absolute Gasteiger partial charge is 0.237 e. The monoisotopic (exact) mass is 328 g/mol. The highest BCUT2D eigenvalue weighted by Gasteiger charge is 2.15. The van der Waals surface area contributed by atoms with E-state index in [-0.39, 0.29) is 12.5 Å². The van der Waals surface area contributed by atoms with Crippen molar-refractivity contribution in [1.82, 2.24) is 4.90 Å². The molecule has 0 aliphatic rings. The van der Waals surface area contributed by atoms with E-state index < -0.39 is 5.91 Å². The lowest BCUT2D eigenvalue weighted by molar-refractivity contribution is -0.133. The zero-order valence-electron chi connectivity index (χ0n) is 13.1. The van der Waals surface area contributed by atoms with Gasteiger partial charge in [-0.1, -0.05) is 54.6 Å². The minimum atomic E-state index is -0.500. The molecule has 4 nitrogen and oxygen atoms in total. The van der Waals surface area contributed by atoms with Gasteiger partial charge >= 0.3 is 0 Å². The standard InChI is InChI=1S/C18H20N2O2S/c1-23-13-18(22)20(12-17(19)21)11-14-7-9-16(10-8-14)15-5-3-2-4-6-15/h2-10H,11-13H2,1H3,(H2,19,21). The Morgan fingerprint density at radius 3 is 2.17 bits per heavy atom. The molecule has 0 aliphatic heterocycles. The molecule has 0 bridgehead atoms. The predicted molar refractivity (Wildman–Crippen MR) is 94.9 cm³/mol. The van der Waals surface area contributed by atoms with Crippen LogP contribution in [-0.2, 0) is 16.1 Å². The first-order valence-corrected chi connectivity index (χ1v) is 8.69. The average molecular weight is 328 g/mol. The Kier molecular flexibility index (Phi) is 6.23. The third kappa shape index (κ3) is 5.14. The second-order valence-corrected chi connectivity index (χ2v) is 6.08. The largest absolute Gasteiger partial charge is 0.368 e. The molecule has 0 saturated carbocycles. The van der Waals surface area contributed by atoms with E-state index >= 15 is 0 Å². The molecule has 0 radical (unpaired) electrons. The number of primary amides is 1. The fourth-order valence-corrected chi connectivity index (χ4v) is 2.72. The van der Waals surface area contributed by atoms with E-state index in [0.717, 1.165) is 16.7 Å². The number of amides is 2. The molecule has 2 aromatic carbocycles. The molecule has 0 heterocycles. The summed E-state index contributed by atoms with van der Waals surface area (Å²) in [5.41, 5.74) is 8.48. The van der Waals surface area contributed by atoms with Gasteiger partial charge in [0.05, 0.1) is 12.3 Å². The summed E-state index contributed by atoms with van der Waals surface area (Å²) in [5, 5.41) is 0. The van der Waals surface area contributed by atoms with E-state index in [2.05, 4.69) is 12.1 Å². The van der Waals surface area contributed by atoms with Crippen molar-refractivity contribution in [2.75, 3.05) is 18.6 Å². The first-order chi connectivity index (χ1) is 11.1. The molecule has 0 fully saturated rings. The average Bonchev–Trinajstić information content (AvgIpc) is 2.55. The van der Waals surface area contributed by atoms with Crippen LogP contribution in [0.3, 0.4) is 0 Å². The molecule has 0 aromatic heterocycles. The van der Waals surface area contributed by atoms with Crippen molar-refractivity contribution in [3.8, 4) is 11.1 Å². The molecule has 120 valence electrons. The van der Waals surface area contributed by atoms with E-state index in [4.69, 9.17) is 5.73 Å². The summed E-state index contributed by atoms with van der Waals surface area (Å²) in [7, 11) is 0. The lowest BCUT2D eigenvalue weighted by Gasteiger charge is -2.21. The fourth-order valence-electron chi connectivity index (χ4n) is 2.29. The Hall–Kier alpha value is -2.27. The van der Waals surface area contributed by atoms with Crippen LogP contribution in [0.25, 0.3) is 11.1 Å². The second-order valence-electron chi connectivity index (χ2n) is 5.21. The molecule has 0 saturated heterocycles. The molecule has 0 atom stereocenters. The minimum Gasteiger partial charge on any atom is -0.368 e. The van der Waals surface area contributed by atoms with Crippen molar-refractivity contribution in [2.45, 2.75) is 6.54 Å². The molecular formula is C18H20N2O2S. The highest BCUT2D eigenvalue weighted by molar-refractivity contribution is 7.99. The molecule has 2 aromatic rings. The van der Waals surface area contributed by atoms with Gasteiger partial charge in [0.1, 0.15) is 0 Å². The Labute approximate surface area is 140 Å². The van der Waals surface area contributed by atoms with Gasteiger partial charge in [-0.3, -0.25) is 9.59 Å². The third-order valence-electron chi connectivity index (χ3n) is 3.40. The highest BCUT2D eigenvalue weighted by atomic mass is 32.2. The van der Waals surface area contributed by atoms with Gasteiger partial charge in [0, 0.05) is 6.54 Å². The molecule has 2 N–H and O–H groups in total. The number of hydrogen-bond acceptors (Lipinski definition) is 3. The number of carbonyl (C=O) groups is 2. The Bertz CT molecular complexity index is 656. The molecule has 2 rings (SSSR count). The minimum absolute atomic E-state index is 0.0557. The summed E-state index contributed by atoms with van der Waals surface area (Å²) in [6.45, 7) is 0.331. The van der Waals surface area contributed by atoms with Gasteiger partial charge in [-0.05, 0) is 22.9 Å². The summed E-state index contributed by atoms with van der Waals surface area (Å²) in [6, 6.07) is 18.1. The molecule has 0 spiro atoms. The maximum atomic E-state index is 12.1. The van der Waals surface area contributed by atoms with E-state index in [1.54, 1.807) is 0 Å². The van der Waals surface area contributed by atoms with E-state index in [1.807, 2.05) is 48.7 Å². The van der Waals surface area contributed by atoms with Crippen LogP contribution in [0.4, 0.5) is 0 Å². The Morgan fingerprint density at radius 2 is 1.61 bits per heavy atom. The molecule has 0 aliphatic carbocycles. The van der Waals surface area contributed by atoms with Gasteiger partial charge in [0.2, 0.25) is 11.8 Å². The summed E-state index contributed by atoms with van der Waals surface area (Å²) in [4.78, 5) is 24.7. The van der Waals surface area contributed by atoms with E-state index in [9.17, 15) is 9.59 Å². The van der Waals surface area contributed by atoms with Crippen LogP contribution in [0.15, 0.2) is 54.6 Å². The molecular weight excluding hydrogens is 308 g/mol. The van der Waals surface area contributed by atoms with Crippen molar-refractivity contribution in [3.05, 3.63) is 60.2 Å². The third-order valence-corrected chi connectivity index (χ3v) is 3.94. The normalized spacial score (nSPS) is 10.3. The van der Waals surface area contributed by atoms with Crippen LogP contribution in [0.1, 0.15) is 5.56 Å². The van der Waals surface area contributed by atoms with Crippen molar-refractivity contribution >= 4 is 23.6 Å². The van der Waals surface area contributed by atoms with Gasteiger partial charge in [-0.25, -0.2) is 0 Å². The zero-order valence-corrected chi connectivity index (χ0v) is 13.9. The number of carbonyl (C=O) groups excluding carboxylic acids is 2. The summed E-state index contributed by atoms with van der Waals surface area (Å²) < 4.78 is 0. The van der Waals surface area contributed by atoms with Crippen LogP contribution in [-0.4, -0.2) is 35.3 Å². The number of benzene rings is 2. The van der Waals surface area contributed by atoms with Gasteiger partial charge < -0.3 is 10.6 Å². The zero-order chi connectivity index (χ0) is 16.7. The van der Waals surface area contributed by atoms with Crippen molar-refractivity contribution in [2.24, 2.45) is 5.73 Å². The summed E-state index contributed by atoms with van der Waals surface area (Å²) >= 11 is 1.43. The van der Waals surface area contributed by atoms with Crippen LogP contribution in [0.5, 0.6) is 0 Å². The second kappa shape index (κ2) is 8.39. The first kappa shape index (κ1) is 17.1. The number of hydrogen-bond donors (Lipinski definition) is 1. The van der Waals surface area contributed by atoms with Crippen molar-refractivity contribution < 1.29 is 9.59 Å². The Morgan fingerprint density at radius 1 is 1.00 bits per heavy atom. The SMILES string of the molecule is CSCC(=O)N(CC(N)=O)Cc1ccc(-c2ccccc2)cc1. The number of thioether (sulfide) groups is 1. The van der Waals surface area contributed by atoms with Crippen molar-refractivity contribution in [1.29, 1.82) is 0 Å². The number of nitrogens with two attached hydrogens (primary N) is 1. The lowest BCUT2D eigenvalue weighted by atomic mass is 10.0. The maximum absolute atomic E-state index is 12.1. The van der Waals surface area contributed by atoms with E-state index in [0.29, 0.717) is 12.3 Å². The first-order valence-electron chi connectivity index (χ1n) is 7.29. The number of rotatable bonds is 7. The molecule has 5 heteroatoms. The van der Waals surface area contributed by atoms with Crippen LogP contribution in [0, 0.1) is 0 Å². The predicted octanol–water partition coefficient (Wildman–Crippen LogP) is 2.53. The van der Waals surface area contributed by atoms with Crippen LogP contribution < -0.4 is 5.73 Å². The molecule has 0 unspecified atom stereocenters. The maximum Gasteiger partial charge on any atom is 0.237 e. The fraction of sp³-hybridized carbons (Fsp3) is 0.222. The molecule has 23 heavy (non-hydrogen) atoms. The highest BCUT2D eigenvalue weighted by Crippen LogP contribution is 2.19. The van der Waals surface area contributed by atoms with Crippen LogP contribution >= 0.6 is 11.8 Å². The summed E-state index contributed by atoms with van der Waals surface area (Å²) in [6.07, 6.45) is 1.86. The summed E-state index contributed by atoms with van der Waals surface area (Å²) in [5.74, 6) is -0.237. The number of nitrogens with zero attached hydrogens (tertiary/aromatic N) is 1. The van der Waals surface area contributed by atoms with Gasteiger partial charge in [0.25, 0.3) is 0 Å². The van der Waals surface area contributed by atoms with Gasteiger partial charge in [-0.15, -0.1) is 0 Å². The molecule has 2 amide bonds. The van der Waals surface area contributed by atoms with E-state index in [1.165, 1.54) is 16.7 Å². The van der Waals surface area contributed by atoms with Gasteiger partial charge in [0.15, 0.2) is 0 Å². The lowest BCUT2D eigenvalue weighted by Crippen LogP contribution is -2.38. The van der Waals surface area contributed by atoms with Gasteiger partial charge in [-0.2, -0.15) is 11.8 Å². The van der Waals surface area contributed by atoms with Crippen LogP contribution in [0.2, 0.25) is 0 Å². The quantitative estimate of drug-likeness (QED) is 0.849. The van der Waals surface area contributed by atoms with Crippen molar-refractivity contribution in [3.63, 3.8) is 0 Å². The topological polar surface area (TPSA) is 63.4 Å². The Balaban J connectivity index is 2.11.